The molecule has 0 radical (unpaired) electrons. The number of halogens is 1. The van der Waals surface area contributed by atoms with Crippen LogP contribution in [0.3, 0.4) is 0 Å². The highest BCUT2D eigenvalue weighted by Crippen LogP contribution is 2.41. The lowest BCUT2D eigenvalue weighted by Crippen LogP contribution is -2.27. The number of nitrogens with zero attached hydrogens (tertiary/aromatic N) is 2. The molecular weight excluding hydrogens is 430 g/mol. The van der Waals surface area contributed by atoms with Crippen LogP contribution in [0.1, 0.15) is 40.2 Å². The maximum atomic E-state index is 12.1. The largest absolute Gasteiger partial charge is 0.493 e. The molecule has 1 saturated heterocycles. The van der Waals surface area contributed by atoms with E-state index >= 15 is 0 Å². The van der Waals surface area contributed by atoms with Crippen molar-refractivity contribution in [3.8, 4) is 11.8 Å². The standard InChI is InChI=1S/C23H24BrN3O2/c24-19-6-4-17(5-7-19)23(28)26-9-1-2-10-27-13-18-15-29-22-8-3-16(12-25)11-20(22)21(18)14-27/h3-8,11,18,21H,1-2,9-10,13-15H2,(H,26,28)/t18-,21+/m1/s1. The number of carbonyl (C=O) groups excluding carboxylic acids is 1. The van der Waals surface area contributed by atoms with E-state index in [0.717, 1.165) is 49.3 Å². The Hall–Kier alpha value is -2.36. The highest BCUT2D eigenvalue weighted by molar-refractivity contribution is 9.10. The molecule has 0 unspecified atom stereocenters. The van der Waals surface area contributed by atoms with E-state index in [0.29, 0.717) is 29.5 Å². The second-order valence-electron chi connectivity index (χ2n) is 7.77. The summed E-state index contributed by atoms with van der Waals surface area (Å²) in [6.07, 6.45) is 2.01. The molecule has 1 N–H and O–H groups in total. The normalized spacial score (nSPS) is 20.3. The fraction of sp³-hybridized carbons (Fsp3) is 0.391. The Balaban J connectivity index is 1.22. The summed E-state index contributed by atoms with van der Waals surface area (Å²) < 4.78 is 6.89. The first-order valence-corrected chi connectivity index (χ1v) is 10.9. The van der Waals surface area contributed by atoms with E-state index in [1.165, 1.54) is 5.56 Å². The van der Waals surface area contributed by atoms with Gasteiger partial charge in [-0.3, -0.25) is 4.79 Å². The van der Waals surface area contributed by atoms with E-state index < -0.39 is 0 Å². The van der Waals surface area contributed by atoms with Crippen LogP contribution in [-0.2, 0) is 0 Å². The number of hydrogen-bond donors (Lipinski definition) is 1. The number of fused-ring (bicyclic) bond motifs is 3. The molecule has 0 saturated carbocycles. The number of nitrogens with one attached hydrogen (secondary N) is 1. The Labute approximate surface area is 179 Å². The van der Waals surface area contributed by atoms with Gasteiger partial charge in [0.1, 0.15) is 5.75 Å². The van der Waals surface area contributed by atoms with E-state index in [4.69, 9.17) is 4.74 Å². The van der Waals surface area contributed by atoms with Gasteiger partial charge in [0.05, 0.1) is 18.2 Å². The second-order valence-corrected chi connectivity index (χ2v) is 8.69. The minimum absolute atomic E-state index is 0.0215. The fourth-order valence-electron chi connectivity index (χ4n) is 4.27. The van der Waals surface area contributed by atoms with E-state index in [1.807, 2.05) is 42.5 Å². The van der Waals surface area contributed by atoms with Crippen LogP contribution < -0.4 is 10.1 Å². The van der Waals surface area contributed by atoms with Crippen LogP contribution >= 0.6 is 15.9 Å². The zero-order chi connectivity index (χ0) is 20.2. The summed E-state index contributed by atoms with van der Waals surface area (Å²) in [7, 11) is 0. The third kappa shape index (κ3) is 4.63. The smallest absolute Gasteiger partial charge is 0.251 e. The number of likely N-dealkylation sites (tertiary alicyclic amines) is 1. The maximum absolute atomic E-state index is 12.1. The van der Waals surface area contributed by atoms with Crippen molar-refractivity contribution in [3.63, 3.8) is 0 Å². The van der Waals surface area contributed by atoms with Crippen molar-refractivity contribution in [1.82, 2.24) is 10.2 Å². The molecule has 2 atom stereocenters. The summed E-state index contributed by atoms with van der Waals surface area (Å²) in [5.74, 6) is 1.85. The highest BCUT2D eigenvalue weighted by atomic mass is 79.9. The highest BCUT2D eigenvalue weighted by Gasteiger charge is 2.38. The summed E-state index contributed by atoms with van der Waals surface area (Å²) in [4.78, 5) is 14.6. The number of amides is 1. The van der Waals surface area contributed by atoms with Gasteiger partial charge in [-0.05, 0) is 61.9 Å². The molecule has 2 heterocycles. The molecule has 29 heavy (non-hydrogen) atoms. The van der Waals surface area contributed by atoms with Crippen LogP contribution in [0.5, 0.6) is 5.75 Å². The topological polar surface area (TPSA) is 65.4 Å². The van der Waals surface area contributed by atoms with Gasteiger partial charge >= 0.3 is 0 Å². The summed E-state index contributed by atoms with van der Waals surface area (Å²) in [6.45, 7) is 4.51. The van der Waals surface area contributed by atoms with Crippen LogP contribution in [0.4, 0.5) is 0 Å². The first-order chi connectivity index (χ1) is 14.1. The molecule has 150 valence electrons. The maximum Gasteiger partial charge on any atom is 0.251 e. The van der Waals surface area contributed by atoms with Crippen LogP contribution in [0, 0.1) is 17.2 Å². The van der Waals surface area contributed by atoms with Gasteiger partial charge in [0.2, 0.25) is 0 Å². The van der Waals surface area contributed by atoms with Gasteiger partial charge in [-0.1, -0.05) is 15.9 Å². The minimum atomic E-state index is -0.0215. The average molecular weight is 454 g/mol. The molecule has 2 aliphatic rings. The predicted molar refractivity (Wildman–Crippen MR) is 115 cm³/mol. The Bertz CT molecular complexity index is 923. The number of benzene rings is 2. The molecule has 0 bridgehead atoms. The SMILES string of the molecule is N#Cc1ccc2c(c1)[C@H]1CN(CCCCNC(=O)c3ccc(Br)cc3)C[C@@H]1CO2. The van der Waals surface area contributed by atoms with E-state index in [9.17, 15) is 10.1 Å². The van der Waals surface area contributed by atoms with Crippen molar-refractivity contribution in [2.24, 2.45) is 5.92 Å². The van der Waals surface area contributed by atoms with Gasteiger partial charge in [-0.15, -0.1) is 0 Å². The lowest BCUT2D eigenvalue weighted by Gasteiger charge is -2.27. The van der Waals surface area contributed by atoms with E-state index in [1.54, 1.807) is 0 Å². The number of unbranched alkanes of at least 4 members (excludes halogenated alkanes) is 1. The number of ether oxygens (including phenoxy) is 1. The van der Waals surface area contributed by atoms with Gasteiger partial charge in [0, 0.05) is 47.1 Å². The molecule has 1 fully saturated rings. The molecule has 1 amide bonds. The molecule has 2 aromatic rings. The third-order valence-electron chi connectivity index (χ3n) is 5.80. The van der Waals surface area contributed by atoms with Crippen LogP contribution in [0.2, 0.25) is 0 Å². The van der Waals surface area contributed by atoms with Crippen molar-refractivity contribution in [3.05, 3.63) is 63.6 Å². The number of carbonyl (C=O) groups is 1. The summed E-state index contributed by atoms with van der Waals surface area (Å²) in [6, 6.07) is 15.4. The summed E-state index contributed by atoms with van der Waals surface area (Å²) >= 11 is 3.38. The van der Waals surface area contributed by atoms with Crippen LogP contribution in [-0.4, -0.2) is 43.6 Å². The Morgan fingerprint density at radius 1 is 1.21 bits per heavy atom. The second kappa shape index (κ2) is 8.98. The zero-order valence-corrected chi connectivity index (χ0v) is 17.8. The van der Waals surface area contributed by atoms with Gasteiger partial charge in [0.25, 0.3) is 5.91 Å². The van der Waals surface area contributed by atoms with Crippen molar-refractivity contribution in [2.45, 2.75) is 18.8 Å². The Morgan fingerprint density at radius 3 is 2.83 bits per heavy atom. The molecule has 5 nitrogen and oxygen atoms in total. The van der Waals surface area contributed by atoms with Crippen molar-refractivity contribution >= 4 is 21.8 Å². The molecule has 0 aliphatic carbocycles. The summed E-state index contributed by atoms with van der Waals surface area (Å²) in [5.41, 5.74) is 2.57. The third-order valence-corrected chi connectivity index (χ3v) is 6.33. The average Bonchev–Trinajstić information content (AvgIpc) is 3.17. The monoisotopic (exact) mass is 453 g/mol. The Morgan fingerprint density at radius 2 is 2.03 bits per heavy atom. The van der Waals surface area contributed by atoms with Crippen molar-refractivity contribution in [1.29, 1.82) is 5.26 Å². The Kier molecular flexibility index (Phi) is 6.17. The quantitative estimate of drug-likeness (QED) is 0.672. The lowest BCUT2D eigenvalue weighted by molar-refractivity contribution is 0.0952. The number of rotatable bonds is 6. The van der Waals surface area contributed by atoms with Crippen LogP contribution in [0.25, 0.3) is 0 Å². The van der Waals surface area contributed by atoms with Gasteiger partial charge in [-0.2, -0.15) is 5.26 Å². The first kappa shape index (κ1) is 19.9. The molecule has 2 aliphatic heterocycles. The number of nitriles is 1. The van der Waals surface area contributed by atoms with Gasteiger partial charge in [0.15, 0.2) is 0 Å². The zero-order valence-electron chi connectivity index (χ0n) is 16.2. The molecular formula is C23H24BrN3O2. The first-order valence-electron chi connectivity index (χ1n) is 10.1. The predicted octanol–water partition coefficient (Wildman–Crippen LogP) is 3.94. The van der Waals surface area contributed by atoms with Gasteiger partial charge < -0.3 is 15.0 Å². The van der Waals surface area contributed by atoms with Crippen molar-refractivity contribution < 1.29 is 9.53 Å². The molecule has 0 spiro atoms. The van der Waals surface area contributed by atoms with E-state index in [2.05, 4.69) is 32.2 Å². The van der Waals surface area contributed by atoms with Crippen LogP contribution in [0.15, 0.2) is 46.9 Å². The number of hydrogen-bond acceptors (Lipinski definition) is 4. The molecule has 6 heteroatoms. The molecule has 2 aromatic carbocycles. The van der Waals surface area contributed by atoms with Gasteiger partial charge in [-0.25, -0.2) is 0 Å². The summed E-state index contributed by atoms with van der Waals surface area (Å²) in [5, 5.41) is 12.2. The van der Waals surface area contributed by atoms with E-state index in [-0.39, 0.29) is 5.91 Å². The molecule has 0 aromatic heterocycles. The fourth-order valence-corrected chi connectivity index (χ4v) is 4.53. The molecule has 4 rings (SSSR count). The van der Waals surface area contributed by atoms with Crippen molar-refractivity contribution in [2.75, 3.05) is 32.8 Å². The minimum Gasteiger partial charge on any atom is -0.493 e. The lowest BCUT2D eigenvalue weighted by atomic mass is 9.86.